The lowest BCUT2D eigenvalue weighted by Crippen LogP contribution is -2.38. The van der Waals surface area contributed by atoms with Crippen molar-refractivity contribution in [2.45, 2.75) is 33.0 Å². The number of hydrogen-bond donors (Lipinski definition) is 3. The maximum Gasteiger partial charge on any atom is 0.387 e. The average Bonchev–Trinajstić information content (AvgIpc) is 2.73. The molecule has 6 nitrogen and oxygen atoms in total. The van der Waals surface area contributed by atoms with E-state index in [-0.39, 0.29) is 12.3 Å². The minimum Gasteiger partial charge on any atom is -0.494 e. The van der Waals surface area contributed by atoms with E-state index in [0.29, 0.717) is 31.2 Å². The zero-order valence-corrected chi connectivity index (χ0v) is 17.3. The van der Waals surface area contributed by atoms with Gasteiger partial charge in [0.1, 0.15) is 11.5 Å². The summed E-state index contributed by atoms with van der Waals surface area (Å²) in [5.74, 6) is 1.51. The van der Waals surface area contributed by atoms with Crippen molar-refractivity contribution in [2.24, 2.45) is 4.99 Å². The molecule has 0 spiro atoms. The first-order valence-corrected chi connectivity index (χ1v) is 9.99. The van der Waals surface area contributed by atoms with E-state index in [1.165, 1.54) is 12.1 Å². The molecule has 2 aromatic carbocycles. The lowest BCUT2D eigenvalue weighted by Gasteiger charge is -2.15. The Morgan fingerprint density at radius 1 is 1.07 bits per heavy atom. The molecule has 0 aromatic heterocycles. The molecular weight excluding hydrogens is 392 g/mol. The second-order valence-electron chi connectivity index (χ2n) is 6.40. The van der Waals surface area contributed by atoms with Gasteiger partial charge in [0.2, 0.25) is 0 Å². The van der Waals surface area contributed by atoms with Crippen LogP contribution in [0.2, 0.25) is 0 Å². The van der Waals surface area contributed by atoms with Crippen LogP contribution in [0.5, 0.6) is 11.5 Å². The number of aliphatic hydroxyl groups excluding tert-OH is 1. The summed E-state index contributed by atoms with van der Waals surface area (Å²) in [6.07, 6.45) is -0.103. The maximum absolute atomic E-state index is 12.2. The zero-order valence-electron chi connectivity index (χ0n) is 17.3. The molecule has 0 aliphatic carbocycles. The van der Waals surface area contributed by atoms with Gasteiger partial charge in [-0.1, -0.05) is 30.3 Å². The van der Waals surface area contributed by atoms with Gasteiger partial charge in [-0.25, -0.2) is 0 Å². The molecule has 0 fully saturated rings. The SMILES string of the molecule is CCNC(=NCC(O)c1ccc(OC(F)F)cc1)NCCc1ccccc1OCC. The van der Waals surface area contributed by atoms with Crippen molar-refractivity contribution in [3.63, 3.8) is 0 Å². The van der Waals surface area contributed by atoms with Gasteiger partial charge in [-0.05, 0) is 49.6 Å². The smallest absolute Gasteiger partial charge is 0.387 e. The quantitative estimate of drug-likeness (QED) is 0.382. The Morgan fingerprint density at radius 3 is 2.47 bits per heavy atom. The number of guanidine groups is 1. The van der Waals surface area contributed by atoms with E-state index in [1.807, 2.05) is 38.1 Å². The summed E-state index contributed by atoms with van der Waals surface area (Å²) in [5.41, 5.74) is 1.68. The first-order valence-electron chi connectivity index (χ1n) is 9.99. The van der Waals surface area contributed by atoms with Crippen LogP contribution in [0.25, 0.3) is 0 Å². The molecule has 0 saturated carbocycles. The Bertz CT molecular complexity index is 785. The van der Waals surface area contributed by atoms with Crippen LogP contribution in [0, 0.1) is 0 Å². The Labute approximate surface area is 175 Å². The number of para-hydroxylation sites is 1. The molecule has 0 saturated heterocycles. The summed E-state index contributed by atoms with van der Waals surface area (Å²) < 4.78 is 34.4. The molecule has 0 aliphatic heterocycles. The van der Waals surface area contributed by atoms with Crippen LogP contribution in [0.1, 0.15) is 31.1 Å². The van der Waals surface area contributed by atoms with Gasteiger partial charge >= 0.3 is 6.61 Å². The second kappa shape index (κ2) is 12.6. The van der Waals surface area contributed by atoms with E-state index < -0.39 is 12.7 Å². The number of alkyl halides is 2. The number of hydrogen-bond acceptors (Lipinski definition) is 4. The van der Waals surface area contributed by atoms with Gasteiger partial charge in [0.05, 0.1) is 19.3 Å². The number of nitrogens with one attached hydrogen (secondary N) is 2. The maximum atomic E-state index is 12.2. The molecule has 3 N–H and O–H groups in total. The minimum atomic E-state index is -2.88. The number of ether oxygens (including phenoxy) is 2. The Kier molecular flexibility index (Phi) is 9.86. The Hall–Kier alpha value is -2.87. The molecule has 0 heterocycles. The van der Waals surface area contributed by atoms with Gasteiger partial charge in [0, 0.05) is 13.1 Å². The van der Waals surface area contributed by atoms with Gasteiger partial charge < -0.3 is 25.2 Å². The van der Waals surface area contributed by atoms with Gasteiger partial charge in [0.15, 0.2) is 5.96 Å². The highest BCUT2D eigenvalue weighted by Gasteiger charge is 2.10. The molecule has 30 heavy (non-hydrogen) atoms. The summed E-state index contributed by atoms with van der Waals surface area (Å²) >= 11 is 0. The van der Waals surface area contributed by atoms with Crippen LogP contribution >= 0.6 is 0 Å². The predicted octanol–water partition coefficient (Wildman–Crippen LogP) is 3.52. The van der Waals surface area contributed by atoms with Crippen molar-refractivity contribution in [1.29, 1.82) is 0 Å². The number of rotatable bonds is 11. The van der Waals surface area contributed by atoms with Crippen molar-refractivity contribution in [3.8, 4) is 11.5 Å². The van der Waals surface area contributed by atoms with Gasteiger partial charge in [0.25, 0.3) is 0 Å². The van der Waals surface area contributed by atoms with E-state index >= 15 is 0 Å². The van der Waals surface area contributed by atoms with Crippen molar-refractivity contribution >= 4 is 5.96 Å². The molecule has 0 radical (unpaired) electrons. The number of nitrogens with zero attached hydrogens (tertiary/aromatic N) is 1. The molecule has 1 atom stereocenters. The normalized spacial score (nSPS) is 12.5. The van der Waals surface area contributed by atoms with Crippen LogP contribution in [-0.4, -0.2) is 43.9 Å². The van der Waals surface area contributed by atoms with E-state index in [1.54, 1.807) is 12.1 Å². The van der Waals surface area contributed by atoms with E-state index in [9.17, 15) is 13.9 Å². The van der Waals surface area contributed by atoms with E-state index in [2.05, 4.69) is 20.4 Å². The molecule has 0 bridgehead atoms. The lowest BCUT2D eigenvalue weighted by atomic mass is 10.1. The average molecular weight is 421 g/mol. The van der Waals surface area contributed by atoms with Crippen LogP contribution in [-0.2, 0) is 6.42 Å². The fourth-order valence-corrected chi connectivity index (χ4v) is 2.82. The van der Waals surface area contributed by atoms with Crippen LogP contribution in [0.4, 0.5) is 8.78 Å². The molecular formula is C22H29F2N3O3. The molecule has 2 rings (SSSR count). The van der Waals surface area contributed by atoms with Gasteiger partial charge in [-0.2, -0.15) is 8.78 Å². The summed E-state index contributed by atoms with van der Waals surface area (Å²) in [6, 6.07) is 13.8. The monoisotopic (exact) mass is 421 g/mol. The van der Waals surface area contributed by atoms with Crippen LogP contribution in [0.3, 0.4) is 0 Å². The third kappa shape index (κ3) is 7.87. The summed E-state index contributed by atoms with van der Waals surface area (Å²) in [6.45, 7) is 3.10. The first kappa shape index (κ1) is 23.4. The Balaban J connectivity index is 1.90. The topological polar surface area (TPSA) is 75.1 Å². The highest BCUT2D eigenvalue weighted by molar-refractivity contribution is 5.79. The molecule has 8 heteroatoms. The standard InChI is InChI=1S/C22H29F2N3O3/c1-3-25-22(26-14-13-17-7-5-6-8-20(17)29-4-2)27-15-19(28)16-9-11-18(12-10-16)30-21(23)24/h5-12,19,21,28H,3-4,13-15H2,1-2H3,(H2,25,26,27). The largest absolute Gasteiger partial charge is 0.494 e. The predicted molar refractivity (Wildman–Crippen MR) is 113 cm³/mol. The third-order valence-electron chi connectivity index (χ3n) is 4.22. The van der Waals surface area contributed by atoms with E-state index in [0.717, 1.165) is 17.7 Å². The van der Waals surface area contributed by atoms with Crippen molar-refractivity contribution < 1.29 is 23.4 Å². The highest BCUT2D eigenvalue weighted by Crippen LogP contribution is 2.20. The summed E-state index contributed by atoms with van der Waals surface area (Å²) in [7, 11) is 0. The fourth-order valence-electron chi connectivity index (χ4n) is 2.82. The molecule has 164 valence electrons. The number of aliphatic imine (C=N–C) groups is 1. The van der Waals surface area contributed by atoms with Crippen LogP contribution in [0.15, 0.2) is 53.5 Å². The summed E-state index contributed by atoms with van der Waals surface area (Å²) in [4.78, 5) is 4.41. The second-order valence-corrected chi connectivity index (χ2v) is 6.40. The summed E-state index contributed by atoms with van der Waals surface area (Å²) in [5, 5.41) is 16.7. The van der Waals surface area contributed by atoms with Crippen molar-refractivity contribution in [1.82, 2.24) is 10.6 Å². The molecule has 0 aliphatic rings. The third-order valence-corrected chi connectivity index (χ3v) is 4.22. The lowest BCUT2D eigenvalue weighted by molar-refractivity contribution is -0.0498. The number of aliphatic hydroxyl groups is 1. The number of halogens is 2. The zero-order chi connectivity index (χ0) is 21.8. The van der Waals surface area contributed by atoms with E-state index in [4.69, 9.17) is 4.74 Å². The van der Waals surface area contributed by atoms with Crippen molar-refractivity contribution in [2.75, 3.05) is 26.2 Å². The molecule has 2 aromatic rings. The fraction of sp³-hybridized carbons (Fsp3) is 0.409. The van der Waals surface area contributed by atoms with Crippen LogP contribution < -0.4 is 20.1 Å². The van der Waals surface area contributed by atoms with Crippen molar-refractivity contribution in [3.05, 3.63) is 59.7 Å². The first-order chi connectivity index (χ1) is 14.5. The molecule has 0 amide bonds. The van der Waals surface area contributed by atoms with Gasteiger partial charge in [-0.3, -0.25) is 4.99 Å². The minimum absolute atomic E-state index is 0.0480. The van der Waals surface area contributed by atoms with Gasteiger partial charge in [-0.15, -0.1) is 0 Å². The highest BCUT2D eigenvalue weighted by atomic mass is 19.3. The number of benzene rings is 2. The molecule has 1 unspecified atom stereocenters. The Morgan fingerprint density at radius 2 is 1.80 bits per heavy atom.